The molecule has 19 heavy (non-hydrogen) atoms. The summed E-state index contributed by atoms with van der Waals surface area (Å²) in [7, 11) is 1.70. The number of pyridine rings is 1. The molecule has 0 aliphatic carbocycles. The van der Waals surface area contributed by atoms with Gasteiger partial charge in [-0.3, -0.25) is 0 Å². The predicted molar refractivity (Wildman–Crippen MR) is 80.1 cm³/mol. The van der Waals surface area contributed by atoms with Crippen LogP contribution in [0.3, 0.4) is 0 Å². The van der Waals surface area contributed by atoms with E-state index in [2.05, 4.69) is 41.5 Å². The average Bonchev–Trinajstić information content (AvgIpc) is 2.85. The first-order chi connectivity index (χ1) is 9.28. The van der Waals surface area contributed by atoms with Crippen molar-refractivity contribution < 1.29 is 4.74 Å². The summed E-state index contributed by atoms with van der Waals surface area (Å²) in [5.41, 5.74) is 2.70. The van der Waals surface area contributed by atoms with Crippen LogP contribution < -0.4 is 4.74 Å². The number of rotatable bonds is 7. The standard InChI is InChI=1S/C16H24N2O/c1-4-10-17(5-2)11-8-14-9-12-18-13-15(19-3)6-7-16(14)18/h6-7,9,12-13H,4-5,8,10-11H2,1-3H3. The van der Waals surface area contributed by atoms with Crippen molar-refractivity contribution in [3.63, 3.8) is 0 Å². The molecule has 0 N–H and O–H groups in total. The fourth-order valence-corrected chi connectivity index (χ4v) is 2.50. The molecular formula is C16H24N2O. The third-order valence-electron chi connectivity index (χ3n) is 3.64. The Bertz CT molecular complexity index is 518. The summed E-state index contributed by atoms with van der Waals surface area (Å²) in [6.45, 7) is 7.93. The molecule has 0 spiro atoms. The minimum atomic E-state index is 0.899. The Kier molecular flexibility index (Phi) is 4.86. The summed E-state index contributed by atoms with van der Waals surface area (Å²) in [5.74, 6) is 0.899. The highest BCUT2D eigenvalue weighted by molar-refractivity contribution is 5.57. The van der Waals surface area contributed by atoms with Gasteiger partial charge in [-0.25, -0.2) is 0 Å². The van der Waals surface area contributed by atoms with Crippen molar-refractivity contribution in [3.05, 3.63) is 36.2 Å². The van der Waals surface area contributed by atoms with Gasteiger partial charge in [0.1, 0.15) is 5.75 Å². The molecule has 0 aliphatic heterocycles. The van der Waals surface area contributed by atoms with Gasteiger partial charge >= 0.3 is 0 Å². The molecule has 0 aliphatic rings. The Morgan fingerprint density at radius 3 is 2.68 bits per heavy atom. The lowest BCUT2D eigenvalue weighted by atomic mass is 10.2. The fraction of sp³-hybridized carbons (Fsp3) is 0.500. The average molecular weight is 260 g/mol. The zero-order valence-electron chi connectivity index (χ0n) is 12.2. The quantitative estimate of drug-likeness (QED) is 0.760. The molecule has 0 fully saturated rings. The minimum absolute atomic E-state index is 0.899. The second kappa shape index (κ2) is 6.62. The van der Waals surface area contributed by atoms with E-state index in [1.54, 1.807) is 7.11 Å². The number of ether oxygens (including phenoxy) is 1. The molecule has 0 aromatic carbocycles. The summed E-state index contributed by atoms with van der Waals surface area (Å²) >= 11 is 0. The highest BCUT2D eigenvalue weighted by Gasteiger charge is 2.06. The number of hydrogen-bond donors (Lipinski definition) is 0. The van der Waals surface area contributed by atoms with Crippen LogP contribution in [-0.4, -0.2) is 36.0 Å². The Balaban J connectivity index is 2.08. The largest absolute Gasteiger partial charge is 0.495 e. The highest BCUT2D eigenvalue weighted by atomic mass is 16.5. The Labute approximate surface area is 115 Å². The Hall–Kier alpha value is -1.48. The first kappa shape index (κ1) is 13.9. The maximum absolute atomic E-state index is 5.25. The Morgan fingerprint density at radius 1 is 1.16 bits per heavy atom. The molecule has 104 valence electrons. The van der Waals surface area contributed by atoms with Gasteiger partial charge in [-0.1, -0.05) is 13.8 Å². The zero-order chi connectivity index (χ0) is 13.7. The normalized spacial score (nSPS) is 11.4. The van der Waals surface area contributed by atoms with Crippen LogP contribution in [-0.2, 0) is 6.42 Å². The summed E-state index contributed by atoms with van der Waals surface area (Å²) in [6, 6.07) is 6.39. The second-order valence-corrected chi connectivity index (χ2v) is 4.89. The second-order valence-electron chi connectivity index (χ2n) is 4.89. The number of methoxy groups -OCH3 is 1. The number of nitrogens with zero attached hydrogens (tertiary/aromatic N) is 2. The van der Waals surface area contributed by atoms with Crippen molar-refractivity contribution in [2.24, 2.45) is 0 Å². The van der Waals surface area contributed by atoms with Crippen LogP contribution in [0.25, 0.3) is 5.52 Å². The number of hydrogen-bond acceptors (Lipinski definition) is 2. The van der Waals surface area contributed by atoms with E-state index in [0.29, 0.717) is 0 Å². The molecule has 0 bridgehead atoms. The molecule has 2 heterocycles. The predicted octanol–water partition coefficient (Wildman–Crippen LogP) is 3.22. The molecule has 0 saturated carbocycles. The lowest BCUT2D eigenvalue weighted by molar-refractivity contribution is 0.293. The SMILES string of the molecule is CCCN(CC)CCc1ccn2cc(OC)ccc12. The third-order valence-corrected chi connectivity index (χ3v) is 3.64. The first-order valence-corrected chi connectivity index (χ1v) is 7.14. The lowest BCUT2D eigenvalue weighted by Gasteiger charge is -2.19. The van der Waals surface area contributed by atoms with Gasteiger partial charge in [-0.15, -0.1) is 0 Å². The van der Waals surface area contributed by atoms with E-state index in [9.17, 15) is 0 Å². The van der Waals surface area contributed by atoms with Crippen molar-refractivity contribution in [2.45, 2.75) is 26.7 Å². The maximum Gasteiger partial charge on any atom is 0.135 e. The van der Waals surface area contributed by atoms with E-state index in [1.165, 1.54) is 24.0 Å². The fourth-order valence-electron chi connectivity index (χ4n) is 2.50. The van der Waals surface area contributed by atoms with Crippen LogP contribution in [0.2, 0.25) is 0 Å². The maximum atomic E-state index is 5.25. The molecule has 0 radical (unpaired) electrons. The molecule has 0 amide bonds. The number of fused-ring (bicyclic) bond motifs is 1. The van der Waals surface area contributed by atoms with Gasteiger partial charge < -0.3 is 14.0 Å². The van der Waals surface area contributed by atoms with Crippen molar-refractivity contribution >= 4 is 5.52 Å². The van der Waals surface area contributed by atoms with Crippen molar-refractivity contribution in [1.29, 1.82) is 0 Å². The molecule has 2 rings (SSSR count). The molecule has 0 saturated heterocycles. The summed E-state index contributed by atoms with van der Waals surface area (Å²) in [5, 5.41) is 0. The molecule has 2 aromatic rings. The summed E-state index contributed by atoms with van der Waals surface area (Å²) in [6.07, 6.45) is 6.48. The Morgan fingerprint density at radius 2 is 2.00 bits per heavy atom. The number of aromatic nitrogens is 1. The molecular weight excluding hydrogens is 236 g/mol. The van der Waals surface area contributed by atoms with Crippen LogP contribution in [0.5, 0.6) is 5.75 Å². The van der Waals surface area contributed by atoms with E-state index in [-0.39, 0.29) is 0 Å². The van der Waals surface area contributed by atoms with E-state index in [0.717, 1.165) is 25.3 Å². The third kappa shape index (κ3) is 3.29. The molecule has 3 heteroatoms. The van der Waals surface area contributed by atoms with Gasteiger partial charge in [0.15, 0.2) is 0 Å². The zero-order valence-corrected chi connectivity index (χ0v) is 12.2. The van der Waals surface area contributed by atoms with Crippen molar-refractivity contribution in [3.8, 4) is 5.75 Å². The van der Waals surface area contributed by atoms with Gasteiger partial charge in [-0.2, -0.15) is 0 Å². The molecule has 0 unspecified atom stereocenters. The molecule has 2 aromatic heterocycles. The van der Waals surface area contributed by atoms with Crippen LogP contribution in [0.15, 0.2) is 30.6 Å². The molecule has 3 nitrogen and oxygen atoms in total. The summed E-state index contributed by atoms with van der Waals surface area (Å²) < 4.78 is 7.39. The van der Waals surface area contributed by atoms with Gasteiger partial charge in [0.25, 0.3) is 0 Å². The lowest BCUT2D eigenvalue weighted by Crippen LogP contribution is -2.26. The minimum Gasteiger partial charge on any atom is -0.495 e. The highest BCUT2D eigenvalue weighted by Crippen LogP contribution is 2.18. The first-order valence-electron chi connectivity index (χ1n) is 7.14. The van der Waals surface area contributed by atoms with Crippen molar-refractivity contribution in [2.75, 3.05) is 26.7 Å². The van der Waals surface area contributed by atoms with Crippen LogP contribution in [0.1, 0.15) is 25.8 Å². The van der Waals surface area contributed by atoms with Crippen LogP contribution in [0.4, 0.5) is 0 Å². The van der Waals surface area contributed by atoms with Crippen LogP contribution in [0, 0.1) is 0 Å². The van der Waals surface area contributed by atoms with Crippen molar-refractivity contribution in [1.82, 2.24) is 9.30 Å². The van der Waals surface area contributed by atoms with Gasteiger partial charge in [0, 0.05) is 18.3 Å². The monoisotopic (exact) mass is 260 g/mol. The van der Waals surface area contributed by atoms with E-state index in [4.69, 9.17) is 4.74 Å². The van der Waals surface area contributed by atoms with E-state index >= 15 is 0 Å². The van der Waals surface area contributed by atoms with E-state index < -0.39 is 0 Å². The topological polar surface area (TPSA) is 16.9 Å². The van der Waals surface area contributed by atoms with Crippen LogP contribution >= 0.6 is 0 Å². The smallest absolute Gasteiger partial charge is 0.135 e. The molecule has 0 atom stereocenters. The van der Waals surface area contributed by atoms with Gasteiger partial charge in [0.2, 0.25) is 0 Å². The van der Waals surface area contributed by atoms with Gasteiger partial charge in [-0.05, 0) is 49.7 Å². The van der Waals surface area contributed by atoms with Gasteiger partial charge in [0.05, 0.1) is 13.3 Å². The van der Waals surface area contributed by atoms with E-state index in [1.807, 2.05) is 12.3 Å². The number of likely N-dealkylation sites (N-methyl/N-ethyl adjacent to an activating group) is 1. The summed E-state index contributed by atoms with van der Waals surface area (Å²) in [4.78, 5) is 2.51.